The van der Waals surface area contributed by atoms with E-state index in [4.69, 9.17) is 4.74 Å². The maximum Gasteiger partial charge on any atom is 0.265 e. The molecule has 1 heterocycles. The van der Waals surface area contributed by atoms with Gasteiger partial charge in [-0.2, -0.15) is 0 Å². The fourth-order valence-electron chi connectivity index (χ4n) is 2.61. The van der Waals surface area contributed by atoms with Gasteiger partial charge in [0, 0.05) is 18.7 Å². The highest BCUT2D eigenvalue weighted by atomic mass is 32.2. The number of aryl methyl sites for hydroxylation is 1. The van der Waals surface area contributed by atoms with Crippen LogP contribution < -0.4 is 20.1 Å². The number of hydrogen-bond acceptors (Lipinski definition) is 5. The maximum absolute atomic E-state index is 12.2. The zero-order chi connectivity index (χ0) is 20.3. The molecule has 1 aliphatic rings. The molecule has 28 heavy (non-hydrogen) atoms. The van der Waals surface area contributed by atoms with Crippen LogP contribution in [-0.4, -0.2) is 32.9 Å². The van der Waals surface area contributed by atoms with E-state index in [1.165, 1.54) is 12.1 Å². The summed E-state index contributed by atoms with van der Waals surface area (Å²) in [6, 6.07) is 11.3. The number of amides is 2. The first kappa shape index (κ1) is 19.8. The Morgan fingerprint density at radius 2 is 1.89 bits per heavy atom. The van der Waals surface area contributed by atoms with Crippen molar-refractivity contribution in [2.45, 2.75) is 31.3 Å². The highest BCUT2D eigenvalue weighted by molar-refractivity contribution is 7.89. The molecule has 0 fully saturated rings. The molecule has 1 atom stereocenters. The van der Waals surface area contributed by atoms with Gasteiger partial charge in [0.15, 0.2) is 6.10 Å². The standard InChI is InChI=1S/C19H21N3O5S/c1-12-3-6-15(7-4-12)28(25,26)20-10-9-18(23)21-14-5-8-17-16(11-14)22-19(24)13(2)27-17/h3-8,11,13,20H,9-10H2,1-2H3,(H,21,23)(H,22,24)/t13-/m0/s1. The molecule has 2 amide bonds. The Kier molecular flexibility index (Phi) is 5.66. The van der Waals surface area contributed by atoms with Crippen LogP contribution in [0.4, 0.5) is 11.4 Å². The second-order valence-corrected chi connectivity index (χ2v) is 8.24. The van der Waals surface area contributed by atoms with E-state index in [2.05, 4.69) is 15.4 Å². The lowest BCUT2D eigenvalue weighted by Crippen LogP contribution is -2.34. The zero-order valence-corrected chi connectivity index (χ0v) is 16.3. The molecule has 3 rings (SSSR count). The van der Waals surface area contributed by atoms with Gasteiger partial charge in [0.2, 0.25) is 15.9 Å². The van der Waals surface area contributed by atoms with E-state index >= 15 is 0 Å². The van der Waals surface area contributed by atoms with Gasteiger partial charge in [-0.1, -0.05) is 17.7 Å². The van der Waals surface area contributed by atoms with Crippen molar-refractivity contribution in [2.75, 3.05) is 17.2 Å². The van der Waals surface area contributed by atoms with Crippen LogP contribution in [0.2, 0.25) is 0 Å². The van der Waals surface area contributed by atoms with Crippen molar-refractivity contribution < 1.29 is 22.7 Å². The Morgan fingerprint density at radius 1 is 1.18 bits per heavy atom. The third-order valence-electron chi connectivity index (χ3n) is 4.17. The molecule has 8 nitrogen and oxygen atoms in total. The number of nitrogens with one attached hydrogen (secondary N) is 3. The first-order valence-electron chi connectivity index (χ1n) is 8.72. The van der Waals surface area contributed by atoms with E-state index in [-0.39, 0.29) is 29.7 Å². The number of sulfonamides is 1. The van der Waals surface area contributed by atoms with Crippen LogP contribution in [0, 0.1) is 6.92 Å². The third kappa shape index (κ3) is 4.68. The minimum absolute atomic E-state index is 0.0374. The van der Waals surface area contributed by atoms with Crippen molar-refractivity contribution in [1.29, 1.82) is 0 Å². The largest absolute Gasteiger partial charge is 0.479 e. The van der Waals surface area contributed by atoms with E-state index in [0.717, 1.165) is 5.56 Å². The molecule has 0 aromatic heterocycles. The van der Waals surface area contributed by atoms with Crippen molar-refractivity contribution in [1.82, 2.24) is 4.72 Å². The average molecular weight is 403 g/mol. The van der Waals surface area contributed by atoms with Gasteiger partial charge in [0.05, 0.1) is 10.6 Å². The van der Waals surface area contributed by atoms with E-state index < -0.39 is 16.1 Å². The minimum Gasteiger partial charge on any atom is -0.479 e. The van der Waals surface area contributed by atoms with Gasteiger partial charge in [-0.25, -0.2) is 13.1 Å². The second-order valence-electron chi connectivity index (χ2n) is 6.47. The molecule has 9 heteroatoms. The fourth-order valence-corrected chi connectivity index (χ4v) is 3.64. The summed E-state index contributed by atoms with van der Waals surface area (Å²) < 4.78 is 32.3. The maximum atomic E-state index is 12.2. The summed E-state index contributed by atoms with van der Waals surface area (Å²) in [5.74, 6) is -0.0968. The Bertz CT molecular complexity index is 1000. The molecular formula is C19H21N3O5S. The van der Waals surface area contributed by atoms with E-state index in [9.17, 15) is 18.0 Å². The normalized spacial score (nSPS) is 15.9. The first-order valence-corrected chi connectivity index (χ1v) is 10.2. The van der Waals surface area contributed by atoms with Gasteiger partial charge in [-0.3, -0.25) is 9.59 Å². The SMILES string of the molecule is Cc1ccc(S(=O)(=O)NCCC(=O)Nc2ccc3c(c2)NC(=O)[C@H](C)O3)cc1. The number of fused-ring (bicyclic) bond motifs is 1. The molecule has 3 N–H and O–H groups in total. The predicted octanol–water partition coefficient (Wildman–Crippen LogP) is 2.02. The molecule has 0 unspecified atom stereocenters. The van der Waals surface area contributed by atoms with Crippen LogP contribution in [-0.2, 0) is 19.6 Å². The van der Waals surface area contributed by atoms with Gasteiger partial charge in [0.1, 0.15) is 5.75 Å². The van der Waals surface area contributed by atoms with Crippen molar-refractivity contribution in [3.05, 3.63) is 48.0 Å². The summed E-state index contributed by atoms with van der Waals surface area (Å²) in [4.78, 5) is 23.9. The van der Waals surface area contributed by atoms with Gasteiger partial charge >= 0.3 is 0 Å². The topological polar surface area (TPSA) is 114 Å². The van der Waals surface area contributed by atoms with Crippen molar-refractivity contribution in [3.8, 4) is 5.75 Å². The van der Waals surface area contributed by atoms with E-state index in [0.29, 0.717) is 17.1 Å². The van der Waals surface area contributed by atoms with Crippen LogP contribution in [0.1, 0.15) is 18.9 Å². The molecule has 0 aliphatic carbocycles. The quantitative estimate of drug-likeness (QED) is 0.683. The number of ether oxygens (including phenoxy) is 1. The van der Waals surface area contributed by atoms with Gasteiger partial charge in [-0.15, -0.1) is 0 Å². The van der Waals surface area contributed by atoms with Crippen LogP contribution in [0.15, 0.2) is 47.4 Å². The molecule has 0 saturated heterocycles. The van der Waals surface area contributed by atoms with Gasteiger partial charge in [0.25, 0.3) is 5.91 Å². The summed E-state index contributed by atoms with van der Waals surface area (Å²) in [6.07, 6.45) is -0.614. The smallest absolute Gasteiger partial charge is 0.265 e. The number of hydrogen-bond donors (Lipinski definition) is 3. The van der Waals surface area contributed by atoms with Crippen molar-refractivity contribution in [3.63, 3.8) is 0 Å². The molecule has 148 valence electrons. The number of rotatable bonds is 6. The Hall–Kier alpha value is -2.91. The fraction of sp³-hybridized carbons (Fsp3) is 0.263. The lowest BCUT2D eigenvalue weighted by molar-refractivity contribution is -0.122. The van der Waals surface area contributed by atoms with Crippen LogP contribution >= 0.6 is 0 Å². The average Bonchev–Trinajstić information content (AvgIpc) is 2.63. The summed E-state index contributed by atoms with van der Waals surface area (Å²) in [5, 5.41) is 5.37. The van der Waals surface area contributed by atoms with Crippen LogP contribution in [0.5, 0.6) is 5.75 Å². The Labute approximate surface area is 163 Å². The summed E-state index contributed by atoms with van der Waals surface area (Å²) in [7, 11) is -3.66. The third-order valence-corrected chi connectivity index (χ3v) is 5.65. The minimum atomic E-state index is -3.66. The Morgan fingerprint density at radius 3 is 2.61 bits per heavy atom. The lowest BCUT2D eigenvalue weighted by Gasteiger charge is -2.23. The number of carbonyl (C=O) groups is 2. The zero-order valence-electron chi connectivity index (χ0n) is 15.5. The monoisotopic (exact) mass is 403 g/mol. The number of anilines is 2. The molecule has 0 bridgehead atoms. The molecular weight excluding hydrogens is 382 g/mol. The molecule has 1 aliphatic heterocycles. The highest BCUT2D eigenvalue weighted by Crippen LogP contribution is 2.32. The molecule has 0 spiro atoms. The lowest BCUT2D eigenvalue weighted by atomic mass is 10.2. The molecule has 0 radical (unpaired) electrons. The summed E-state index contributed by atoms with van der Waals surface area (Å²) >= 11 is 0. The van der Waals surface area contributed by atoms with Gasteiger partial charge < -0.3 is 15.4 Å². The van der Waals surface area contributed by atoms with Gasteiger partial charge in [-0.05, 0) is 44.2 Å². The predicted molar refractivity (Wildman–Crippen MR) is 105 cm³/mol. The van der Waals surface area contributed by atoms with Crippen molar-refractivity contribution in [2.24, 2.45) is 0 Å². The highest BCUT2D eigenvalue weighted by Gasteiger charge is 2.23. The molecule has 2 aromatic rings. The number of carbonyl (C=O) groups excluding carboxylic acids is 2. The summed E-state index contributed by atoms with van der Waals surface area (Å²) in [5.41, 5.74) is 1.91. The van der Waals surface area contributed by atoms with Crippen LogP contribution in [0.25, 0.3) is 0 Å². The van der Waals surface area contributed by atoms with Crippen molar-refractivity contribution >= 4 is 33.2 Å². The van der Waals surface area contributed by atoms with E-state index in [1.807, 2.05) is 6.92 Å². The number of benzene rings is 2. The molecule has 2 aromatic carbocycles. The second kappa shape index (κ2) is 7.99. The van der Waals surface area contributed by atoms with Crippen LogP contribution in [0.3, 0.4) is 0 Å². The molecule has 0 saturated carbocycles. The first-order chi connectivity index (χ1) is 13.2. The Balaban J connectivity index is 1.54. The summed E-state index contributed by atoms with van der Waals surface area (Å²) in [6.45, 7) is 3.48. The van der Waals surface area contributed by atoms with E-state index in [1.54, 1.807) is 37.3 Å².